The Labute approximate surface area is 188 Å². The lowest BCUT2D eigenvalue weighted by Gasteiger charge is -2.29. The summed E-state index contributed by atoms with van der Waals surface area (Å²) in [6.45, 7) is 2.27. The first kappa shape index (κ1) is 21.7. The van der Waals surface area contributed by atoms with Crippen LogP contribution in [0.15, 0.2) is 47.6 Å². The van der Waals surface area contributed by atoms with E-state index < -0.39 is 0 Å². The van der Waals surface area contributed by atoms with Crippen molar-refractivity contribution in [1.82, 2.24) is 9.91 Å². The fourth-order valence-corrected chi connectivity index (χ4v) is 4.57. The highest BCUT2D eigenvalue weighted by Gasteiger charge is 2.36. The minimum Gasteiger partial charge on any atom is -0.497 e. The van der Waals surface area contributed by atoms with Crippen LogP contribution in [0.25, 0.3) is 0 Å². The Balaban J connectivity index is 1.69. The highest BCUT2D eigenvalue weighted by atomic mass is 35.5. The summed E-state index contributed by atoms with van der Waals surface area (Å²) in [4.78, 5) is 15.6. The van der Waals surface area contributed by atoms with Crippen molar-refractivity contribution in [3.63, 3.8) is 0 Å². The summed E-state index contributed by atoms with van der Waals surface area (Å²) in [6.07, 6.45) is 4.05. The van der Waals surface area contributed by atoms with Crippen molar-refractivity contribution in [2.45, 2.75) is 31.7 Å². The molecule has 4 rings (SSSR count). The molecule has 7 heteroatoms. The van der Waals surface area contributed by atoms with E-state index in [1.54, 1.807) is 19.2 Å². The smallest absolute Gasteiger partial charge is 0.257 e. The van der Waals surface area contributed by atoms with Gasteiger partial charge in [-0.05, 0) is 50.2 Å². The number of nitrogens with zero attached hydrogens (tertiary/aromatic N) is 3. The minimum atomic E-state index is -0.284. The van der Waals surface area contributed by atoms with Crippen LogP contribution in [0.2, 0.25) is 5.02 Å². The molecule has 1 saturated heterocycles. The van der Waals surface area contributed by atoms with Crippen LogP contribution in [-0.2, 0) is 4.79 Å². The number of ether oxygens (including phenoxy) is 2. The SMILES string of the molecule is COc1ccc(OC)c(C2CC(c3ccccc3Cl)=NN2C(=O)CN2CCCCC2)c1. The van der Waals surface area contributed by atoms with Gasteiger partial charge in [0.05, 0.1) is 32.5 Å². The van der Waals surface area contributed by atoms with E-state index in [0.717, 1.165) is 42.8 Å². The average molecular weight is 442 g/mol. The number of piperidine rings is 1. The summed E-state index contributed by atoms with van der Waals surface area (Å²) in [5.41, 5.74) is 2.52. The van der Waals surface area contributed by atoms with Gasteiger partial charge < -0.3 is 9.47 Å². The number of amides is 1. The molecule has 0 radical (unpaired) electrons. The average Bonchev–Trinajstić information content (AvgIpc) is 3.25. The quantitative estimate of drug-likeness (QED) is 0.661. The fourth-order valence-electron chi connectivity index (χ4n) is 4.32. The zero-order valence-electron chi connectivity index (χ0n) is 18.0. The molecule has 1 atom stereocenters. The summed E-state index contributed by atoms with van der Waals surface area (Å²) in [6, 6.07) is 13.0. The van der Waals surface area contributed by atoms with Crippen LogP contribution in [0.1, 0.15) is 42.9 Å². The molecule has 2 aliphatic rings. The second kappa shape index (κ2) is 9.71. The molecule has 2 aromatic rings. The summed E-state index contributed by atoms with van der Waals surface area (Å²) in [5, 5.41) is 7.01. The van der Waals surface area contributed by atoms with Crippen molar-refractivity contribution in [1.29, 1.82) is 0 Å². The maximum Gasteiger partial charge on any atom is 0.257 e. The normalized spacial score (nSPS) is 19.3. The van der Waals surface area contributed by atoms with Gasteiger partial charge in [0.1, 0.15) is 11.5 Å². The number of rotatable bonds is 6. The van der Waals surface area contributed by atoms with Gasteiger partial charge in [0.15, 0.2) is 0 Å². The van der Waals surface area contributed by atoms with Crippen molar-refractivity contribution in [3.05, 3.63) is 58.6 Å². The van der Waals surface area contributed by atoms with E-state index in [9.17, 15) is 4.79 Å². The van der Waals surface area contributed by atoms with E-state index in [1.165, 1.54) is 6.42 Å². The molecule has 2 aromatic carbocycles. The van der Waals surface area contributed by atoms with E-state index in [1.807, 2.05) is 42.5 Å². The van der Waals surface area contributed by atoms with Crippen LogP contribution < -0.4 is 9.47 Å². The molecule has 2 heterocycles. The first-order valence-electron chi connectivity index (χ1n) is 10.7. The van der Waals surface area contributed by atoms with Gasteiger partial charge >= 0.3 is 0 Å². The molecule has 1 amide bonds. The molecule has 2 aliphatic heterocycles. The molecule has 0 spiro atoms. The molecule has 6 nitrogen and oxygen atoms in total. The number of carbonyl (C=O) groups excluding carboxylic acids is 1. The number of carbonyl (C=O) groups is 1. The first-order chi connectivity index (χ1) is 15.1. The van der Waals surface area contributed by atoms with Crippen LogP contribution in [0.3, 0.4) is 0 Å². The molecule has 31 heavy (non-hydrogen) atoms. The molecular formula is C24H28ClN3O3. The maximum atomic E-state index is 13.4. The topological polar surface area (TPSA) is 54.4 Å². The monoisotopic (exact) mass is 441 g/mol. The Bertz CT molecular complexity index is 972. The lowest BCUT2D eigenvalue weighted by molar-refractivity contribution is -0.134. The second-order valence-electron chi connectivity index (χ2n) is 7.93. The Kier molecular flexibility index (Phi) is 6.78. The molecule has 0 aliphatic carbocycles. The lowest BCUT2D eigenvalue weighted by Crippen LogP contribution is -2.40. The number of hydrazone groups is 1. The second-order valence-corrected chi connectivity index (χ2v) is 8.34. The summed E-state index contributed by atoms with van der Waals surface area (Å²) in [7, 11) is 3.27. The summed E-state index contributed by atoms with van der Waals surface area (Å²) in [5.74, 6) is 1.40. The molecule has 0 bridgehead atoms. The summed E-state index contributed by atoms with van der Waals surface area (Å²) < 4.78 is 11.1. The lowest BCUT2D eigenvalue weighted by atomic mass is 9.97. The Morgan fingerprint density at radius 3 is 2.58 bits per heavy atom. The minimum absolute atomic E-state index is 0.0150. The first-order valence-corrected chi connectivity index (χ1v) is 11.1. The van der Waals surface area contributed by atoms with Crippen molar-refractivity contribution < 1.29 is 14.3 Å². The molecule has 0 saturated carbocycles. The van der Waals surface area contributed by atoms with Crippen LogP contribution in [0, 0.1) is 0 Å². The highest BCUT2D eigenvalue weighted by Crippen LogP contribution is 2.40. The number of benzene rings is 2. The molecule has 0 N–H and O–H groups in total. The Morgan fingerprint density at radius 2 is 1.87 bits per heavy atom. The Morgan fingerprint density at radius 1 is 1.10 bits per heavy atom. The van der Waals surface area contributed by atoms with E-state index in [4.69, 9.17) is 26.2 Å². The van der Waals surface area contributed by atoms with Crippen molar-refractivity contribution in [2.24, 2.45) is 5.10 Å². The molecular weight excluding hydrogens is 414 g/mol. The van der Waals surface area contributed by atoms with Gasteiger partial charge in [0.2, 0.25) is 0 Å². The molecule has 0 aromatic heterocycles. The van der Waals surface area contributed by atoms with E-state index in [2.05, 4.69) is 4.90 Å². The zero-order chi connectivity index (χ0) is 21.8. The number of hydrogen-bond donors (Lipinski definition) is 0. The standard InChI is InChI=1S/C24H28ClN3O3/c1-30-17-10-11-23(31-2)19(14-17)22-15-21(18-8-4-5-9-20(18)25)26-28(22)24(29)16-27-12-6-3-7-13-27/h4-5,8-11,14,22H,3,6-7,12-13,15-16H2,1-2H3. The third-order valence-corrected chi connectivity index (χ3v) is 6.28. The maximum absolute atomic E-state index is 13.4. The van der Waals surface area contributed by atoms with Gasteiger partial charge in [-0.15, -0.1) is 0 Å². The van der Waals surface area contributed by atoms with E-state index in [0.29, 0.717) is 29.5 Å². The Hall–Kier alpha value is -2.57. The van der Waals surface area contributed by atoms with Gasteiger partial charge in [0, 0.05) is 22.6 Å². The largest absolute Gasteiger partial charge is 0.497 e. The van der Waals surface area contributed by atoms with Gasteiger partial charge in [-0.1, -0.05) is 36.2 Å². The van der Waals surface area contributed by atoms with E-state index in [-0.39, 0.29) is 11.9 Å². The number of methoxy groups -OCH3 is 2. The van der Waals surface area contributed by atoms with E-state index >= 15 is 0 Å². The van der Waals surface area contributed by atoms with Gasteiger partial charge in [-0.2, -0.15) is 5.10 Å². The van der Waals surface area contributed by atoms with Crippen LogP contribution in [0.4, 0.5) is 0 Å². The molecule has 1 unspecified atom stereocenters. The fraction of sp³-hybridized carbons (Fsp3) is 0.417. The molecule has 1 fully saturated rings. The van der Waals surface area contributed by atoms with Crippen molar-refractivity contribution in [3.8, 4) is 11.5 Å². The van der Waals surface area contributed by atoms with Crippen LogP contribution in [-0.4, -0.2) is 55.4 Å². The zero-order valence-corrected chi connectivity index (χ0v) is 18.8. The van der Waals surface area contributed by atoms with Crippen LogP contribution >= 0.6 is 11.6 Å². The van der Waals surface area contributed by atoms with Crippen molar-refractivity contribution >= 4 is 23.2 Å². The van der Waals surface area contributed by atoms with Gasteiger partial charge in [-0.3, -0.25) is 9.69 Å². The summed E-state index contributed by atoms with van der Waals surface area (Å²) >= 11 is 6.45. The third-order valence-electron chi connectivity index (χ3n) is 5.95. The predicted molar refractivity (Wildman–Crippen MR) is 122 cm³/mol. The number of halogens is 1. The molecule has 164 valence electrons. The number of hydrogen-bond acceptors (Lipinski definition) is 5. The van der Waals surface area contributed by atoms with Crippen molar-refractivity contribution in [2.75, 3.05) is 33.9 Å². The highest BCUT2D eigenvalue weighted by molar-refractivity contribution is 6.34. The predicted octanol–water partition coefficient (Wildman–Crippen LogP) is 4.52. The van der Waals surface area contributed by atoms with Gasteiger partial charge in [0.25, 0.3) is 5.91 Å². The van der Waals surface area contributed by atoms with Gasteiger partial charge in [-0.25, -0.2) is 5.01 Å². The third kappa shape index (κ3) is 4.70. The van der Waals surface area contributed by atoms with Crippen LogP contribution in [0.5, 0.6) is 11.5 Å². The number of likely N-dealkylation sites (tertiary alicyclic amines) is 1.